The van der Waals surface area contributed by atoms with Crippen molar-refractivity contribution in [2.24, 2.45) is 0 Å². The highest BCUT2D eigenvalue weighted by molar-refractivity contribution is 7.89. The van der Waals surface area contributed by atoms with Gasteiger partial charge in [0.25, 0.3) is 0 Å². The van der Waals surface area contributed by atoms with Crippen LogP contribution >= 0.6 is 0 Å². The highest BCUT2D eigenvalue weighted by atomic mass is 32.2. The summed E-state index contributed by atoms with van der Waals surface area (Å²) in [5.74, 6) is 0.144. The van der Waals surface area contributed by atoms with Gasteiger partial charge in [0.1, 0.15) is 5.88 Å². The molecule has 1 fully saturated rings. The number of hydrogen-bond acceptors (Lipinski definition) is 3. The van der Waals surface area contributed by atoms with Gasteiger partial charge in [0, 0.05) is 6.04 Å². The highest BCUT2D eigenvalue weighted by Crippen LogP contribution is 2.05. The van der Waals surface area contributed by atoms with Crippen LogP contribution in [-0.2, 0) is 10.0 Å². The van der Waals surface area contributed by atoms with Crippen molar-refractivity contribution >= 4 is 10.0 Å². The molecule has 0 aliphatic carbocycles. The van der Waals surface area contributed by atoms with E-state index in [2.05, 4.69) is 4.72 Å². The van der Waals surface area contributed by atoms with Gasteiger partial charge in [-0.25, -0.2) is 13.1 Å². The Balaban J connectivity index is 2.60. The Bertz CT molecular complexity index is 210. The van der Waals surface area contributed by atoms with Crippen molar-refractivity contribution in [2.45, 2.75) is 19.9 Å². The van der Waals surface area contributed by atoms with Crippen LogP contribution in [0, 0.1) is 0 Å². The van der Waals surface area contributed by atoms with Crippen molar-refractivity contribution in [1.82, 2.24) is 9.62 Å². The molecule has 5 heteroatoms. The molecule has 0 spiro atoms. The van der Waals surface area contributed by atoms with Crippen LogP contribution in [0.1, 0.15) is 13.8 Å². The fourth-order valence-electron chi connectivity index (χ4n) is 0.822. The molecule has 0 atom stereocenters. The van der Waals surface area contributed by atoms with Gasteiger partial charge in [-0.05, 0) is 13.8 Å². The molecule has 1 aliphatic rings. The second-order valence-electron chi connectivity index (χ2n) is 2.73. The fraction of sp³-hybridized carbons (Fsp3) is 1.00. The first kappa shape index (κ1) is 7.97. The van der Waals surface area contributed by atoms with Gasteiger partial charge in [-0.2, -0.15) is 0 Å². The Labute approximate surface area is 61.3 Å². The summed E-state index contributed by atoms with van der Waals surface area (Å²) in [5.41, 5.74) is 0. The maximum Gasteiger partial charge on any atom is 0.226 e. The summed E-state index contributed by atoms with van der Waals surface area (Å²) in [5, 5.41) is 0. The zero-order valence-electron chi connectivity index (χ0n) is 6.16. The lowest BCUT2D eigenvalue weighted by atomic mass is 10.4. The predicted octanol–water partition coefficient (Wildman–Crippen LogP) is -0.455. The molecule has 0 amide bonds. The van der Waals surface area contributed by atoms with Crippen LogP contribution in [0.25, 0.3) is 0 Å². The lowest BCUT2D eigenvalue weighted by molar-refractivity contribution is 0.277. The van der Waals surface area contributed by atoms with E-state index >= 15 is 0 Å². The van der Waals surface area contributed by atoms with E-state index in [9.17, 15) is 8.42 Å². The molecule has 0 bridgehead atoms. The molecule has 1 rings (SSSR count). The number of nitrogens with zero attached hydrogens (tertiary/aromatic N) is 1. The quantitative estimate of drug-likeness (QED) is 0.571. The van der Waals surface area contributed by atoms with E-state index in [-0.39, 0.29) is 5.88 Å². The number of nitrogens with one attached hydrogen (secondary N) is 1. The van der Waals surface area contributed by atoms with E-state index in [1.165, 1.54) is 0 Å². The van der Waals surface area contributed by atoms with Gasteiger partial charge >= 0.3 is 0 Å². The van der Waals surface area contributed by atoms with Gasteiger partial charge in [0.05, 0.1) is 6.67 Å². The van der Waals surface area contributed by atoms with E-state index in [1.54, 1.807) is 0 Å². The van der Waals surface area contributed by atoms with Crippen molar-refractivity contribution in [2.75, 3.05) is 12.5 Å². The van der Waals surface area contributed by atoms with Crippen LogP contribution in [0.15, 0.2) is 0 Å². The average Bonchev–Trinajstić information content (AvgIpc) is 2.10. The Kier molecular flexibility index (Phi) is 1.98. The molecule has 0 aromatic heterocycles. The molecule has 10 heavy (non-hydrogen) atoms. The zero-order chi connectivity index (χ0) is 7.78. The minimum absolute atomic E-state index is 0.144. The Morgan fingerprint density at radius 3 is 2.30 bits per heavy atom. The van der Waals surface area contributed by atoms with Gasteiger partial charge in [-0.1, -0.05) is 0 Å². The summed E-state index contributed by atoms with van der Waals surface area (Å²) >= 11 is 0. The van der Waals surface area contributed by atoms with E-state index in [0.717, 1.165) is 0 Å². The van der Waals surface area contributed by atoms with Crippen molar-refractivity contribution in [3.05, 3.63) is 0 Å². The van der Waals surface area contributed by atoms with Crippen LogP contribution in [0.4, 0.5) is 0 Å². The minimum Gasteiger partial charge on any atom is -0.272 e. The molecular formula is C5H12N2O2S. The van der Waals surface area contributed by atoms with Gasteiger partial charge in [-0.3, -0.25) is 4.90 Å². The van der Waals surface area contributed by atoms with Gasteiger partial charge in [-0.15, -0.1) is 0 Å². The van der Waals surface area contributed by atoms with Crippen LogP contribution in [0.3, 0.4) is 0 Å². The lowest BCUT2D eigenvalue weighted by Crippen LogP contribution is -2.29. The molecule has 0 radical (unpaired) electrons. The summed E-state index contributed by atoms with van der Waals surface area (Å²) in [6.07, 6.45) is 0. The first-order valence-corrected chi connectivity index (χ1v) is 4.88. The Morgan fingerprint density at radius 1 is 1.50 bits per heavy atom. The summed E-state index contributed by atoms with van der Waals surface area (Å²) in [7, 11) is -2.96. The lowest BCUT2D eigenvalue weighted by Gasteiger charge is -2.15. The summed E-state index contributed by atoms with van der Waals surface area (Å²) in [4.78, 5) is 1.86. The second kappa shape index (κ2) is 2.48. The summed E-state index contributed by atoms with van der Waals surface area (Å²) in [6.45, 7) is 4.41. The summed E-state index contributed by atoms with van der Waals surface area (Å²) < 4.78 is 24.0. The fourth-order valence-corrected chi connectivity index (χ4v) is 2.10. The van der Waals surface area contributed by atoms with Crippen LogP contribution < -0.4 is 4.72 Å². The Morgan fingerprint density at radius 2 is 2.10 bits per heavy atom. The molecule has 1 heterocycles. The van der Waals surface area contributed by atoms with Gasteiger partial charge in [0.2, 0.25) is 10.0 Å². The largest absolute Gasteiger partial charge is 0.272 e. The van der Waals surface area contributed by atoms with Crippen LogP contribution in [-0.4, -0.2) is 31.9 Å². The molecule has 0 aromatic carbocycles. The van der Waals surface area contributed by atoms with Crippen LogP contribution in [0.2, 0.25) is 0 Å². The molecule has 0 unspecified atom stereocenters. The third-order valence-corrected chi connectivity index (χ3v) is 2.79. The molecular weight excluding hydrogens is 152 g/mol. The molecule has 1 aliphatic heterocycles. The van der Waals surface area contributed by atoms with E-state index in [1.807, 2.05) is 18.7 Å². The minimum atomic E-state index is -2.96. The summed E-state index contributed by atoms with van der Waals surface area (Å²) in [6, 6.07) is 0.296. The number of hydrogen-bond donors (Lipinski definition) is 1. The SMILES string of the molecule is CC(C)N1CNS(=O)(=O)C1. The maximum absolute atomic E-state index is 10.8. The molecule has 0 aromatic rings. The molecule has 0 saturated carbocycles. The van der Waals surface area contributed by atoms with Crippen LogP contribution in [0.5, 0.6) is 0 Å². The zero-order valence-corrected chi connectivity index (χ0v) is 6.98. The first-order valence-electron chi connectivity index (χ1n) is 3.23. The van der Waals surface area contributed by atoms with Crippen molar-refractivity contribution < 1.29 is 8.42 Å². The topological polar surface area (TPSA) is 49.4 Å². The third kappa shape index (κ3) is 1.68. The van der Waals surface area contributed by atoms with E-state index < -0.39 is 10.0 Å². The van der Waals surface area contributed by atoms with Crippen molar-refractivity contribution in [1.29, 1.82) is 0 Å². The average molecular weight is 164 g/mol. The normalized spacial score (nSPS) is 25.9. The van der Waals surface area contributed by atoms with Crippen molar-refractivity contribution in [3.8, 4) is 0 Å². The van der Waals surface area contributed by atoms with Gasteiger partial charge in [0.15, 0.2) is 0 Å². The molecule has 4 nitrogen and oxygen atoms in total. The standard InChI is InChI=1S/C5H12N2O2S/c1-5(2)7-3-6-10(8,9)4-7/h5-6H,3-4H2,1-2H3. The molecule has 60 valence electrons. The smallest absolute Gasteiger partial charge is 0.226 e. The Hall–Kier alpha value is -0.130. The maximum atomic E-state index is 10.8. The first-order chi connectivity index (χ1) is 4.51. The highest BCUT2D eigenvalue weighted by Gasteiger charge is 2.25. The van der Waals surface area contributed by atoms with Gasteiger partial charge < -0.3 is 0 Å². The monoisotopic (exact) mass is 164 g/mol. The van der Waals surface area contributed by atoms with Crippen molar-refractivity contribution in [3.63, 3.8) is 0 Å². The molecule has 1 saturated heterocycles. The second-order valence-corrected chi connectivity index (χ2v) is 4.51. The van der Waals surface area contributed by atoms with E-state index in [4.69, 9.17) is 0 Å². The van der Waals surface area contributed by atoms with E-state index in [0.29, 0.717) is 12.7 Å². The molecule has 1 N–H and O–H groups in total. The number of rotatable bonds is 1. The predicted molar refractivity (Wildman–Crippen MR) is 38.8 cm³/mol. The third-order valence-electron chi connectivity index (χ3n) is 1.55. The number of sulfonamides is 1.